The molecule has 3 rings (SSSR count). The molecule has 1 aliphatic rings. The molecule has 0 aliphatic carbocycles. The summed E-state index contributed by atoms with van der Waals surface area (Å²) >= 11 is 0. The van der Waals surface area contributed by atoms with Gasteiger partial charge in [-0.15, -0.1) is 0 Å². The summed E-state index contributed by atoms with van der Waals surface area (Å²) in [6, 6.07) is 11.5. The Morgan fingerprint density at radius 3 is 2.74 bits per heavy atom. The van der Waals surface area contributed by atoms with E-state index in [1.165, 1.54) is 19.3 Å². The summed E-state index contributed by atoms with van der Waals surface area (Å²) in [5.41, 5.74) is 1.64. The van der Waals surface area contributed by atoms with Crippen molar-refractivity contribution in [2.75, 3.05) is 30.4 Å². The van der Waals surface area contributed by atoms with Crippen molar-refractivity contribution < 1.29 is 14.3 Å². The Morgan fingerprint density at radius 2 is 2.04 bits per heavy atom. The van der Waals surface area contributed by atoms with Crippen LogP contribution in [0.1, 0.15) is 31.7 Å². The molecule has 0 spiro atoms. The molecule has 1 fully saturated rings. The number of carbonyl (C=O) groups is 1. The number of nitrogens with one attached hydrogen (secondary N) is 1. The van der Waals surface area contributed by atoms with Crippen LogP contribution in [0.15, 0.2) is 42.6 Å². The van der Waals surface area contributed by atoms with Crippen molar-refractivity contribution in [3.8, 4) is 5.75 Å². The lowest BCUT2D eigenvalue weighted by Gasteiger charge is -2.27. The topological polar surface area (TPSA) is 63.7 Å². The van der Waals surface area contributed by atoms with Crippen molar-refractivity contribution in [1.82, 2.24) is 4.98 Å². The molecular formula is C21H27N3O3. The first-order valence-corrected chi connectivity index (χ1v) is 9.42. The van der Waals surface area contributed by atoms with Crippen LogP contribution in [0.4, 0.5) is 11.5 Å². The highest BCUT2D eigenvalue weighted by Gasteiger charge is 2.15. The number of ether oxygens (including phenoxy) is 2. The van der Waals surface area contributed by atoms with Crippen molar-refractivity contribution in [1.29, 1.82) is 0 Å². The summed E-state index contributed by atoms with van der Waals surface area (Å²) in [6.45, 7) is 4.19. The number of aromatic nitrogens is 1. The van der Waals surface area contributed by atoms with Gasteiger partial charge in [0.2, 0.25) is 0 Å². The van der Waals surface area contributed by atoms with Crippen LogP contribution in [0.5, 0.6) is 5.75 Å². The van der Waals surface area contributed by atoms with Gasteiger partial charge in [0, 0.05) is 13.1 Å². The van der Waals surface area contributed by atoms with Gasteiger partial charge in [-0.05, 0) is 56.0 Å². The third kappa shape index (κ3) is 5.44. The van der Waals surface area contributed by atoms with E-state index in [9.17, 15) is 4.79 Å². The van der Waals surface area contributed by atoms with Crippen LogP contribution in [0.3, 0.4) is 0 Å². The third-order valence-electron chi connectivity index (χ3n) is 4.70. The largest absolute Gasteiger partial charge is 0.497 e. The highest BCUT2D eigenvalue weighted by atomic mass is 16.5. The number of rotatable bonds is 7. The van der Waals surface area contributed by atoms with Crippen LogP contribution in [-0.4, -0.2) is 37.2 Å². The molecule has 6 nitrogen and oxygen atoms in total. The molecule has 144 valence electrons. The average molecular weight is 369 g/mol. The quantitative estimate of drug-likeness (QED) is 0.807. The van der Waals surface area contributed by atoms with E-state index in [-0.39, 0.29) is 5.91 Å². The van der Waals surface area contributed by atoms with E-state index in [0.717, 1.165) is 30.2 Å². The Labute approximate surface area is 160 Å². The highest BCUT2D eigenvalue weighted by molar-refractivity contribution is 5.93. The molecule has 27 heavy (non-hydrogen) atoms. The van der Waals surface area contributed by atoms with E-state index in [0.29, 0.717) is 12.3 Å². The maximum atomic E-state index is 12.3. The van der Waals surface area contributed by atoms with Gasteiger partial charge in [-0.3, -0.25) is 4.79 Å². The van der Waals surface area contributed by atoms with E-state index < -0.39 is 6.10 Å². The first kappa shape index (κ1) is 19.2. The van der Waals surface area contributed by atoms with Crippen molar-refractivity contribution in [2.45, 2.75) is 38.9 Å². The normalized spacial score (nSPS) is 15.3. The molecule has 2 heterocycles. The molecule has 0 saturated carbocycles. The molecule has 1 amide bonds. The monoisotopic (exact) mass is 369 g/mol. The van der Waals surface area contributed by atoms with Crippen LogP contribution in [0, 0.1) is 0 Å². The second-order valence-corrected chi connectivity index (χ2v) is 6.75. The minimum atomic E-state index is -0.571. The molecule has 1 saturated heterocycles. The van der Waals surface area contributed by atoms with E-state index >= 15 is 0 Å². The number of pyridine rings is 1. The number of amides is 1. The number of methoxy groups -OCH3 is 1. The number of carbonyl (C=O) groups excluding carboxylic acids is 1. The van der Waals surface area contributed by atoms with Crippen molar-refractivity contribution in [3.63, 3.8) is 0 Å². The molecular weight excluding hydrogens is 342 g/mol. The minimum absolute atomic E-state index is 0.189. The lowest BCUT2D eigenvalue weighted by atomic mass is 10.1. The Bertz CT molecular complexity index is 743. The predicted molar refractivity (Wildman–Crippen MR) is 106 cm³/mol. The molecule has 1 atom stereocenters. The molecule has 6 heteroatoms. The number of anilines is 2. The zero-order chi connectivity index (χ0) is 19.1. The first-order chi connectivity index (χ1) is 13.2. The van der Waals surface area contributed by atoms with Gasteiger partial charge < -0.3 is 19.7 Å². The summed E-state index contributed by atoms with van der Waals surface area (Å²) in [7, 11) is 1.63. The fraction of sp³-hybridized carbons (Fsp3) is 0.429. The predicted octanol–water partition coefficient (Wildman–Crippen LogP) is 3.62. The van der Waals surface area contributed by atoms with Crippen molar-refractivity contribution in [3.05, 3.63) is 48.2 Å². The highest BCUT2D eigenvalue weighted by Crippen LogP contribution is 2.19. The van der Waals surface area contributed by atoms with E-state index in [4.69, 9.17) is 9.47 Å². The molecule has 1 aliphatic heterocycles. The summed E-state index contributed by atoms with van der Waals surface area (Å²) in [6.07, 6.45) is 4.84. The molecule has 0 bridgehead atoms. The lowest BCUT2D eigenvalue weighted by Crippen LogP contribution is -2.30. The summed E-state index contributed by atoms with van der Waals surface area (Å²) in [4.78, 5) is 19.1. The number of benzene rings is 1. The fourth-order valence-electron chi connectivity index (χ4n) is 3.07. The van der Waals surface area contributed by atoms with Crippen LogP contribution in [0.25, 0.3) is 0 Å². The first-order valence-electron chi connectivity index (χ1n) is 9.42. The Kier molecular flexibility index (Phi) is 6.65. The Morgan fingerprint density at radius 1 is 1.22 bits per heavy atom. The molecule has 1 aromatic heterocycles. The SMILES string of the molecule is COc1cccc(COC(C)C(=O)Nc2ccc(N3CCCCC3)nc2)c1. The average Bonchev–Trinajstić information content (AvgIpc) is 2.73. The summed E-state index contributed by atoms with van der Waals surface area (Å²) < 4.78 is 10.9. The molecule has 2 aromatic rings. The van der Waals surface area contributed by atoms with Gasteiger partial charge in [0.1, 0.15) is 17.7 Å². The number of nitrogens with zero attached hydrogens (tertiary/aromatic N) is 2. The van der Waals surface area contributed by atoms with Crippen LogP contribution < -0.4 is 15.0 Å². The zero-order valence-electron chi connectivity index (χ0n) is 16.0. The van der Waals surface area contributed by atoms with Gasteiger partial charge >= 0.3 is 0 Å². The minimum Gasteiger partial charge on any atom is -0.497 e. The maximum absolute atomic E-state index is 12.3. The van der Waals surface area contributed by atoms with Crippen LogP contribution >= 0.6 is 0 Å². The number of hydrogen-bond acceptors (Lipinski definition) is 5. The van der Waals surface area contributed by atoms with Gasteiger partial charge in [-0.1, -0.05) is 12.1 Å². The van der Waals surface area contributed by atoms with Crippen molar-refractivity contribution in [2.24, 2.45) is 0 Å². The summed E-state index contributed by atoms with van der Waals surface area (Å²) in [5, 5.41) is 2.86. The van der Waals surface area contributed by atoms with Gasteiger partial charge in [-0.2, -0.15) is 0 Å². The van der Waals surface area contributed by atoms with E-state index in [2.05, 4.69) is 15.2 Å². The fourth-order valence-corrected chi connectivity index (χ4v) is 3.07. The second-order valence-electron chi connectivity index (χ2n) is 6.75. The lowest BCUT2D eigenvalue weighted by molar-refractivity contribution is -0.127. The summed E-state index contributed by atoms with van der Waals surface area (Å²) in [5.74, 6) is 1.55. The van der Waals surface area contributed by atoms with E-state index in [1.807, 2.05) is 36.4 Å². The van der Waals surface area contributed by atoms with Crippen LogP contribution in [0.2, 0.25) is 0 Å². The van der Waals surface area contributed by atoms with Gasteiger partial charge in [-0.25, -0.2) is 4.98 Å². The van der Waals surface area contributed by atoms with Crippen LogP contribution in [-0.2, 0) is 16.1 Å². The maximum Gasteiger partial charge on any atom is 0.253 e. The number of piperidine rings is 1. The molecule has 1 N–H and O–H groups in total. The standard InChI is InChI=1S/C21H27N3O3/c1-16(27-15-17-7-6-8-19(13-17)26-2)21(25)23-18-9-10-20(22-14-18)24-11-4-3-5-12-24/h6-10,13-14,16H,3-5,11-12,15H2,1-2H3,(H,23,25). The Balaban J connectivity index is 1.50. The smallest absolute Gasteiger partial charge is 0.253 e. The molecule has 0 radical (unpaired) electrons. The second kappa shape index (κ2) is 9.37. The number of hydrogen-bond donors (Lipinski definition) is 1. The van der Waals surface area contributed by atoms with Crippen molar-refractivity contribution >= 4 is 17.4 Å². The Hall–Kier alpha value is -2.60. The van der Waals surface area contributed by atoms with Gasteiger partial charge in [0.25, 0.3) is 5.91 Å². The zero-order valence-corrected chi connectivity index (χ0v) is 16.0. The van der Waals surface area contributed by atoms with E-state index in [1.54, 1.807) is 20.2 Å². The van der Waals surface area contributed by atoms with Gasteiger partial charge in [0.05, 0.1) is 25.6 Å². The molecule has 1 aromatic carbocycles. The molecule has 1 unspecified atom stereocenters. The van der Waals surface area contributed by atoms with Gasteiger partial charge in [0.15, 0.2) is 0 Å². The third-order valence-corrected chi connectivity index (χ3v) is 4.70.